The molecule has 0 aliphatic heterocycles. The van der Waals surface area contributed by atoms with Crippen LogP contribution in [-0.4, -0.2) is 36.4 Å². The summed E-state index contributed by atoms with van der Waals surface area (Å²) in [6, 6.07) is 7.68. The average Bonchev–Trinajstić information content (AvgIpc) is 2.54. The monoisotopic (exact) mass is 397 g/mol. The number of ether oxygens (including phenoxy) is 2. The molecule has 0 aliphatic rings. The summed E-state index contributed by atoms with van der Waals surface area (Å²) in [5, 5.41) is 38.9. The summed E-state index contributed by atoms with van der Waals surface area (Å²) >= 11 is 0. The van der Waals surface area contributed by atoms with E-state index in [1.165, 1.54) is 38.5 Å². The summed E-state index contributed by atoms with van der Waals surface area (Å²) in [5.74, 6) is -2.75. The minimum Gasteiger partial charge on any atom is -0.872 e. The number of hydrogen-bond donors (Lipinski definition) is 2. The van der Waals surface area contributed by atoms with Gasteiger partial charge in [0.15, 0.2) is 0 Å². The predicted molar refractivity (Wildman–Crippen MR) is 78.4 cm³/mol. The standard InChI is InChI=1S/2C8H8O4.Cu/c2*1-12-5-2-3-6(8(10)11)7(9)4-5;/h2*2-4,9H,1H3,(H,10,11);/q;;+2/p-2. The van der Waals surface area contributed by atoms with Crippen LogP contribution in [0.2, 0.25) is 0 Å². The van der Waals surface area contributed by atoms with Crippen LogP contribution in [0.3, 0.4) is 0 Å². The largest absolute Gasteiger partial charge is 2.00 e. The first-order valence-electron chi connectivity index (χ1n) is 6.46. The quantitative estimate of drug-likeness (QED) is 0.699. The van der Waals surface area contributed by atoms with Gasteiger partial charge in [0.25, 0.3) is 0 Å². The molecule has 137 valence electrons. The zero-order valence-electron chi connectivity index (χ0n) is 13.1. The Bertz CT molecular complexity index is 681. The van der Waals surface area contributed by atoms with Crippen LogP contribution in [0.15, 0.2) is 36.4 Å². The molecule has 2 aromatic rings. The molecule has 0 saturated heterocycles. The second-order valence-corrected chi connectivity index (χ2v) is 4.34. The molecule has 0 aromatic heterocycles. The Labute approximate surface area is 153 Å². The predicted octanol–water partition coefficient (Wildman–Crippen LogP) is 0.229. The van der Waals surface area contributed by atoms with Crippen LogP contribution in [0.25, 0.3) is 0 Å². The smallest absolute Gasteiger partial charge is 0.872 e. The van der Waals surface area contributed by atoms with Gasteiger partial charge in [0.2, 0.25) is 0 Å². The van der Waals surface area contributed by atoms with Crippen molar-refractivity contribution < 1.29 is 56.6 Å². The van der Waals surface area contributed by atoms with Crippen LogP contribution >= 0.6 is 0 Å². The van der Waals surface area contributed by atoms with E-state index in [9.17, 15) is 19.8 Å². The van der Waals surface area contributed by atoms with Gasteiger partial charge in [-0.05, 0) is 29.8 Å². The fourth-order valence-electron chi connectivity index (χ4n) is 1.62. The Hall–Kier alpha value is -2.90. The van der Waals surface area contributed by atoms with E-state index < -0.39 is 17.7 Å². The van der Waals surface area contributed by atoms with E-state index in [4.69, 9.17) is 19.7 Å². The van der Waals surface area contributed by atoms with Crippen molar-refractivity contribution in [2.45, 2.75) is 0 Å². The normalized spacial score (nSPS) is 9.04. The maximum Gasteiger partial charge on any atom is 2.00 e. The molecule has 2 N–H and O–H groups in total. The van der Waals surface area contributed by atoms with Gasteiger partial charge in [0, 0.05) is 6.07 Å². The van der Waals surface area contributed by atoms with E-state index in [-0.39, 0.29) is 33.9 Å². The summed E-state index contributed by atoms with van der Waals surface area (Å²) in [6.07, 6.45) is 0. The second kappa shape index (κ2) is 10.1. The molecule has 0 saturated carbocycles. The molecular formula is C16H14CuO8. The molecule has 0 atom stereocenters. The van der Waals surface area contributed by atoms with E-state index in [2.05, 4.69) is 0 Å². The number of carboxylic acid groups (broad SMARTS) is 2. The number of hydrogen-bond acceptors (Lipinski definition) is 7. The van der Waals surface area contributed by atoms with Crippen LogP contribution < -0.4 is 19.7 Å². The van der Waals surface area contributed by atoms with E-state index in [1.54, 1.807) is 0 Å². The third-order valence-corrected chi connectivity index (χ3v) is 2.84. The Morgan fingerprint density at radius 3 is 1.80 bits per heavy atom. The fraction of sp³-hybridized carbons (Fsp3) is 0.125. The zero-order chi connectivity index (χ0) is 18.3. The summed E-state index contributed by atoms with van der Waals surface area (Å²) in [7, 11) is 2.84. The number of carbonyl (C=O) groups excluding carboxylic acids is 1. The van der Waals surface area contributed by atoms with E-state index in [1.807, 2.05) is 0 Å². The van der Waals surface area contributed by atoms with Crippen molar-refractivity contribution in [3.8, 4) is 23.0 Å². The number of rotatable bonds is 4. The van der Waals surface area contributed by atoms with Crippen LogP contribution in [-0.2, 0) is 17.1 Å². The Balaban J connectivity index is 0.000000443. The summed E-state index contributed by atoms with van der Waals surface area (Å²) < 4.78 is 9.49. The molecule has 0 unspecified atom stereocenters. The Morgan fingerprint density at radius 1 is 0.960 bits per heavy atom. The van der Waals surface area contributed by atoms with Crippen molar-refractivity contribution in [2.75, 3.05) is 14.2 Å². The van der Waals surface area contributed by atoms with Crippen molar-refractivity contribution in [3.63, 3.8) is 0 Å². The summed E-state index contributed by atoms with van der Waals surface area (Å²) in [6.45, 7) is 0. The first kappa shape index (κ1) is 22.1. The van der Waals surface area contributed by atoms with Gasteiger partial charge in [0.1, 0.15) is 22.8 Å². The molecular weight excluding hydrogens is 384 g/mol. The van der Waals surface area contributed by atoms with Gasteiger partial charge < -0.3 is 34.7 Å². The van der Waals surface area contributed by atoms with Crippen molar-refractivity contribution in [2.24, 2.45) is 0 Å². The number of methoxy groups -OCH3 is 2. The third kappa shape index (κ3) is 6.25. The van der Waals surface area contributed by atoms with Crippen LogP contribution in [0, 0.1) is 0 Å². The molecule has 0 fully saturated rings. The van der Waals surface area contributed by atoms with Crippen molar-refractivity contribution in [1.82, 2.24) is 0 Å². The number of aromatic hydroxyl groups is 1. The van der Waals surface area contributed by atoms with Crippen molar-refractivity contribution in [3.05, 3.63) is 47.5 Å². The molecule has 2 rings (SSSR count). The SMILES string of the molecule is COc1ccc(C(=O)O)c(O)c1.COc1ccc(C(=O)[O-])c([O-])c1.[Cu+2]. The Morgan fingerprint density at radius 2 is 1.44 bits per heavy atom. The number of benzene rings is 2. The van der Waals surface area contributed by atoms with Gasteiger partial charge in [-0.3, -0.25) is 0 Å². The zero-order valence-corrected chi connectivity index (χ0v) is 14.1. The van der Waals surface area contributed by atoms with Gasteiger partial charge in [-0.15, -0.1) is 0 Å². The van der Waals surface area contributed by atoms with Gasteiger partial charge >= 0.3 is 23.0 Å². The minimum absolute atomic E-state index is 0. The third-order valence-electron chi connectivity index (χ3n) is 2.84. The van der Waals surface area contributed by atoms with Gasteiger partial charge in [-0.2, -0.15) is 0 Å². The maximum absolute atomic E-state index is 10.9. The number of carbonyl (C=O) groups is 2. The minimum atomic E-state index is -1.47. The number of aromatic carboxylic acids is 2. The molecule has 1 radical (unpaired) electrons. The number of phenols is 1. The second-order valence-electron chi connectivity index (χ2n) is 4.34. The van der Waals surface area contributed by atoms with Crippen molar-refractivity contribution in [1.29, 1.82) is 0 Å². The van der Waals surface area contributed by atoms with E-state index >= 15 is 0 Å². The first-order chi connectivity index (χ1) is 11.3. The van der Waals surface area contributed by atoms with Gasteiger partial charge in [0.05, 0.1) is 20.2 Å². The molecule has 0 spiro atoms. The molecule has 0 amide bonds. The van der Waals surface area contributed by atoms with Crippen molar-refractivity contribution >= 4 is 11.9 Å². The number of carboxylic acids is 2. The van der Waals surface area contributed by atoms with Crippen LogP contribution in [0.1, 0.15) is 20.7 Å². The molecule has 2 aromatic carbocycles. The molecule has 0 bridgehead atoms. The molecule has 0 aliphatic carbocycles. The topological polar surface area (TPSA) is 139 Å². The van der Waals surface area contributed by atoms with Gasteiger partial charge in [-0.25, -0.2) is 4.79 Å². The first-order valence-corrected chi connectivity index (χ1v) is 6.46. The average molecular weight is 398 g/mol. The molecule has 8 nitrogen and oxygen atoms in total. The molecule has 9 heteroatoms. The van der Waals surface area contributed by atoms with Crippen LogP contribution in [0.5, 0.6) is 23.0 Å². The van der Waals surface area contributed by atoms with E-state index in [0.29, 0.717) is 11.5 Å². The summed E-state index contributed by atoms with van der Waals surface area (Å²) in [4.78, 5) is 20.7. The summed E-state index contributed by atoms with van der Waals surface area (Å²) in [5.41, 5.74) is -0.480. The maximum atomic E-state index is 10.9. The molecule has 25 heavy (non-hydrogen) atoms. The Kier molecular flexibility index (Phi) is 8.90. The van der Waals surface area contributed by atoms with E-state index in [0.717, 1.165) is 12.1 Å². The van der Waals surface area contributed by atoms with Crippen LogP contribution in [0.4, 0.5) is 0 Å². The molecule has 0 heterocycles. The fourth-order valence-corrected chi connectivity index (χ4v) is 1.62. The van der Waals surface area contributed by atoms with Gasteiger partial charge in [-0.1, -0.05) is 11.8 Å².